The summed E-state index contributed by atoms with van der Waals surface area (Å²) in [6, 6.07) is 0.353. The van der Waals surface area contributed by atoms with Crippen molar-refractivity contribution in [3.63, 3.8) is 0 Å². The average molecular weight is 267 g/mol. The summed E-state index contributed by atoms with van der Waals surface area (Å²) in [5, 5.41) is 3.16. The van der Waals surface area contributed by atoms with Gasteiger partial charge in [0, 0.05) is 20.1 Å². The van der Waals surface area contributed by atoms with Gasteiger partial charge in [0.2, 0.25) is 11.9 Å². The Hall–Kier alpha value is -1.59. The van der Waals surface area contributed by atoms with Crippen molar-refractivity contribution in [1.29, 1.82) is 0 Å². The Bertz CT molecular complexity index is 372. The van der Waals surface area contributed by atoms with E-state index in [1.54, 1.807) is 7.11 Å². The SMILES string of the molecule is CCCCCN(C)c1nc(NCCC)nc(OC)n1. The predicted octanol–water partition coefficient (Wildman–Crippen LogP) is 2.33. The first kappa shape index (κ1) is 15.5. The van der Waals surface area contributed by atoms with E-state index in [9.17, 15) is 0 Å². The molecule has 1 aromatic heterocycles. The second-order valence-corrected chi connectivity index (χ2v) is 4.50. The third kappa shape index (κ3) is 5.28. The standard InChI is InChI=1S/C13H25N5O/c1-5-7-8-10-18(3)12-15-11(14-9-6-2)16-13(17-12)19-4/h5-10H2,1-4H3,(H,14,15,16,17). The minimum absolute atomic E-state index is 0.353. The van der Waals surface area contributed by atoms with Crippen LogP contribution in [0.4, 0.5) is 11.9 Å². The summed E-state index contributed by atoms with van der Waals surface area (Å²) in [6.07, 6.45) is 4.58. The number of anilines is 2. The van der Waals surface area contributed by atoms with Crippen molar-refractivity contribution >= 4 is 11.9 Å². The van der Waals surface area contributed by atoms with Crippen molar-refractivity contribution in [2.75, 3.05) is 37.5 Å². The maximum atomic E-state index is 5.12. The topological polar surface area (TPSA) is 63.2 Å². The first-order valence-electron chi connectivity index (χ1n) is 6.96. The summed E-state index contributed by atoms with van der Waals surface area (Å²) < 4.78 is 5.12. The lowest BCUT2D eigenvalue weighted by Gasteiger charge is -2.17. The minimum atomic E-state index is 0.353. The lowest BCUT2D eigenvalue weighted by molar-refractivity contribution is 0.379. The highest BCUT2D eigenvalue weighted by Gasteiger charge is 2.10. The lowest BCUT2D eigenvalue weighted by Crippen LogP contribution is -2.22. The maximum absolute atomic E-state index is 5.12. The number of aromatic nitrogens is 3. The van der Waals surface area contributed by atoms with Gasteiger partial charge in [0.25, 0.3) is 0 Å². The van der Waals surface area contributed by atoms with E-state index >= 15 is 0 Å². The number of hydrogen-bond donors (Lipinski definition) is 1. The first-order chi connectivity index (χ1) is 9.21. The van der Waals surface area contributed by atoms with Crippen molar-refractivity contribution < 1.29 is 4.74 Å². The molecule has 6 nitrogen and oxygen atoms in total. The zero-order valence-corrected chi connectivity index (χ0v) is 12.4. The summed E-state index contributed by atoms with van der Waals surface area (Å²) >= 11 is 0. The van der Waals surface area contributed by atoms with Gasteiger partial charge < -0.3 is 15.0 Å². The molecular formula is C13H25N5O. The molecule has 0 saturated heterocycles. The molecule has 0 amide bonds. The molecule has 1 rings (SSSR count). The quantitative estimate of drug-likeness (QED) is 0.693. The molecule has 0 aromatic carbocycles. The Morgan fingerprint density at radius 1 is 1.11 bits per heavy atom. The molecule has 0 aliphatic heterocycles. The molecule has 0 aliphatic rings. The van der Waals surface area contributed by atoms with Crippen LogP contribution in [-0.2, 0) is 0 Å². The summed E-state index contributed by atoms with van der Waals surface area (Å²) in [5.41, 5.74) is 0. The maximum Gasteiger partial charge on any atom is 0.322 e. The van der Waals surface area contributed by atoms with E-state index in [2.05, 4.69) is 34.1 Å². The molecule has 1 heterocycles. The van der Waals surface area contributed by atoms with Crippen LogP contribution < -0.4 is 15.0 Å². The second-order valence-electron chi connectivity index (χ2n) is 4.50. The van der Waals surface area contributed by atoms with Crippen LogP contribution in [0.1, 0.15) is 39.5 Å². The van der Waals surface area contributed by atoms with E-state index in [0.29, 0.717) is 17.9 Å². The Morgan fingerprint density at radius 2 is 1.89 bits per heavy atom. The van der Waals surface area contributed by atoms with Gasteiger partial charge >= 0.3 is 6.01 Å². The number of rotatable bonds is 9. The molecule has 1 aromatic rings. The van der Waals surface area contributed by atoms with Gasteiger partial charge in [0.1, 0.15) is 0 Å². The van der Waals surface area contributed by atoms with Crippen molar-refractivity contribution in [3.8, 4) is 6.01 Å². The molecule has 1 N–H and O–H groups in total. The largest absolute Gasteiger partial charge is 0.467 e. The number of unbranched alkanes of at least 4 members (excludes halogenated alkanes) is 2. The highest BCUT2D eigenvalue weighted by Crippen LogP contribution is 2.14. The van der Waals surface area contributed by atoms with Crippen LogP contribution in [0.5, 0.6) is 6.01 Å². The van der Waals surface area contributed by atoms with Crippen LogP contribution in [0.25, 0.3) is 0 Å². The molecule has 0 spiro atoms. The van der Waals surface area contributed by atoms with Crippen molar-refractivity contribution in [1.82, 2.24) is 15.0 Å². The summed E-state index contributed by atoms with van der Waals surface area (Å²) in [5.74, 6) is 1.23. The van der Waals surface area contributed by atoms with Crippen LogP contribution in [0.2, 0.25) is 0 Å². The average Bonchev–Trinajstić information content (AvgIpc) is 2.44. The van der Waals surface area contributed by atoms with E-state index in [0.717, 1.165) is 25.9 Å². The Balaban J connectivity index is 2.74. The van der Waals surface area contributed by atoms with Gasteiger partial charge in [-0.3, -0.25) is 0 Å². The highest BCUT2D eigenvalue weighted by molar-refractivity contribution is 5.37. The third-order valence-corrected chi connectivity index (χ3v) is 2.76. The molecule has 0 saturated carbocycles. The highest BCUT2D eigenvalue weighted by atomic mass is 16.5. The van der Waals surface area contributed by atoms with Crippen molar-refractivity contribution in [2.45, 2.75) is 39.5 Å². The van der Waals surface area contributed by atoms with Gasteiger partial charge in [-0.1, -0.05) is 26.7 Å². The van der Waals surface area contributed by atoms with Gasteiger partial charge in [-0.25, -0.2) is 0 Å². The number of hydrogen-bond acceptors (Lipinski definition) is 6. The first-order valence-corrected chi connectivity index (χ1v) is 6.96. The molecule has 19 heavy (non-hydrogen) atoms. The number of ether oxygens (including phenoxy) is 1. The van der Waals surface area contributed by atoms with E-state index in [-0.39, 0.29) is 0 Å². The van der Waals surface area contributed by atoms with Gasteiger partial charge in [-0.15, -0.1) is 0 Å². The van der Waals surface area contributed by atoms with E-state index < -0.39 is 0 Å². The Kier molecular flexibility index (Phi) is 6.92. The molecule has 0 bridgehead atoms. The third-order valence-electron chi connectivity index (χ3n) is 2.76. The minimum Gasteiger partial charge on any atom is -0.467 e. The Morgan fingerprint density at radius 3 is 2.53 bits per heavy atom. The second kappa shape index (κ2) is 8.50. The monoisotopic (exact) mass is 267 g/mol. The van der Waals surface area contributed by atoms with E-state index in [1.807, 2.05) is 11.9 Å². The molecule has 0 unspecified atom stereocenters. The van der Waals surface area contributed by atoms with E-state index in [1.165, 1.54) is 12.8 Å². The molecule has 6 heteroatoms. The number of nitrogens with one attached hydrogen (secondary N) is 1. The smallest absolute Gasteiger partial charge is 0.322 e. The molecule has 0 aliphatic carbocycles. The summed E-state index contributed by atoms with van der Waals surface area (Å²) in [4.78, 5) is 14.9. The normalized spacial score (nSPS) is 10.3. The van der Waals surface area contributed by atoms with E-state index in [4.69, 9.17) is 4.74 Å². The van der Waals surface area contributed by atoms with Gasteiger partial charge in [0.15, 0.2) is 0 Å². The summed E-state index contributed by atoms with van der Waals surface area (Å²) in [6.45, 7) is 6.07. The van der Waals surface area contributed by atoms with Gasteiger partial charge in [0.05, 0.1) is 7.11 Å². The fourth-order valence-corrected chi connectivity index (χ4v) is 1.62. The zero-order chi connectivity index (χ0) is 14.1. The van der Waals surface area contributed by atoms with Crippen LogP contribution >= 0.6 is 0 Å². The van der Waals surface area contributed by atoms with Crippen LogP contribution in [0.15, 0.2) is 0 Å². The van der Waals surface area contributed by atoms with Crippen molar-refractivity contribution in [3.05, 3.63) is 0 Å². The molecule has 0 atom stereocenters. The summed E-state index contributed by atoms with van der Waals surface area (Å²) in [7, 11) is 3.56. The molecular weight excluding hydrogens is 242 g/mol. The zero-order valence-electron chi connectivity index (χ0n) is 12.4. The van der Waals surface area contributed by atoms with Crippen molar-refractivity contribution in [2.24, 2.45) is 0 Å². The molecule has 108 valence electrons. The fraction of sp³-hybridized carbons (Fsp3) is 0.769. The van der Waals surface area contributed by atoms with Crippen LogP contribution in [-0.4, -0.2) is 42.2 Å². The molecule has 0 radical (unpaired) electrons. The predicted molar refractivity (Wildman–Crippen MR) is 78.0 cm³/mol. The van der Waals surface area contributed by atoms with Gasteiger partial charge in [-0.2, -0.15) is 15.0 Å². The molecule has 0 fully saturated rings. The number of methoxy groups -OCH3 is 1. The van der Waals surface area contributed by atoms with Crippen LogP contribution in [0.3, 0.4) is 0 Å². The lowest BCUT2D eigenvalue weighted by atomic mass is 10.2. The number of nitrogens with zero attached hydrogens (tertiary/aromatic N) is 4. The Labute approximate surface area is 115 Å². The van der Waals surface area contributed by atoms with Crippen LogP contribution in [0, 0.1) is 0 Å². The van der Waals surface area contributed by atoms with Gasteiger partial charge in [-0.05, 0) is 12.8 Å². The fourth-order valence-electron chi connectivity index (χ4n) is 1.62.